The second-order valence-electron chi connectivity index (χ2n) is 7.73. The molecule has 0 N–H and O–H groups in total. The second kappa shape index (κ2) is 18.0. The Kier molecular flexibility index (Phi) is 15.8. The van der Waals surface area contributed by atoms with Crippen LogP contribution in [0.25, 0.3) is 0 Å². The summed E-state index contributed by atoms with van der Waals surface area (Å²) in [6.07, 6.45) is 24.5. The average molecular weight is 377 g/mol. The highest BCUT2D eigenvalue weighted by atomic mass is 16.5. The molecule has 27 heavy (non-hydrogen) atoms. The van der Waals surface area contributed by atoms with E-state index < -0.39 is 0 Å². The van der Waals surface area contributed by atoms with E-state index in [0.717, 1.165) is 12.8 Å². The van der Waals surface area contributed by atoms with Gasteiger partial charge in [0, 0.05) is 18.6 Å². The number of carbonyl (C=O) groups is 1. The molecule has 0 atom stereocenters. The van der Waals surface area contributed by atoms with Crippen molar-refractivity contribution in [2.75, 3.05) is 0 Å². The molecule has 0 aliphatic rings. The molecule has 0 saturated heterocycles. The van der Waals surface area contributed by atoms with E-state index >= 15 is 0 Å². The maximum Gasteiger partial charge on any atom is 0.310 e. The summed E-state index contributed by atoms with van der Waals surface area (Å²) in [7, 11) is 0. The Hall–Kier alpha value is -1.38. The van der Waals surface area contributed by atoms with Crippen LogP contribution in [0.1, 0.15) is 110 Å². The van der Waals surface area contributed by atoms with E-state index in [0.29, 0.717) is 13.2 Å². The average Bonchev–Trinajstić information content (AvgIpc) is 2.70. The van der Waals surface area contributed by atoms with Crippen LogP contribution in [0.5, 0.6) is 0 Å². The third kappa shape index (κ3) is 15.4. The molecule has 0 fully saturated rings. The standard InChI is InChI=1S/C24H42NO2/c1-2-3-4-5-6-7-8-9-10-11-12-13-14-15-17-20-24(26)27-23-25-21-18-16-19-22-25/h16,18-19,21-22H,2-15,17,20,23H2,1H3/q+1. The number of rotatable bonds is 18. The number of esters is 1. The molecule has 0 radical (unpaired) electrons. The number of hydrogen-bond donors (Lipinski definition) is 0. The quantitative estimate of drug-likeness (QED) is 0.161. The lowest BCUT2D eigenvalue weighted by molar-refractivity contribution is -0.727. The molecular formula is C24H42NO2+. The molecule has 1 heterocycles. The van der Waals surface area contributed by atoms with Crippen LogP contribution in [0, 0.1) is 0 Å². The van der Waals surface area contributed by atoms with Gasteiger partial charge in [-0.2, -0.15) is 4.57 Å². The summed E-state index contributed by atoms with van der Waals surface area (Å²) in [5.41, 5.74) is 0. The predicted octanol–water partition coefficient (Wildman–Crippen LogP) is 6.74. The Labute approximate surface area is 167 Å². The predicted molar refractivity (Wildman–Crippen MR) is 112 cm³/mol. The lowest BCUT2D eigenvalue weighted by atomic mass is 10.0. The number of pyridine rings is 1. The van der Waals surface area contributed by atoms with Gasteiger partial charge in [0.2, 0.25) is 0 Å². The Bertz CT molecular complexity index is 447. The van der Waals surface area contributed by atoms with Crippen LogP contribution >= 0.6 is 0 Å². The van der Waals surface area contributed by atoms with E-state index in [1.54, 1.807) is 0 Å². The molecule has 0 spiro atoms. The number of ether oxygens (including phenoxy) is 1. The highest BCUT2D eigenvalue weighted by Gasteiger charge is 2.05. The molecule has 0 unspecified atom stereocenters. The smallest absolute Gasteiger partial charge is 0.310 e. The zero-order valence-electron chi connectivity index (χ0n) is 17.7. The first-order valence-corrected chi connectivity index (χ1v) is 11.4. The summed E-state index contributed by atoms with van der Waals surface area (Å²) in [5.74, 6) is -0.0824. The number of nitrogens with zero attached hydrogens (tertiary/aromatic N) is 1. The van der Waals surface area contributed by atoms with Crippen molar-refractivity contribution >= 4 is 5.97 Å². The van der Waals surface area contributed by atoms with Crippen LogP contribution in [-0.2, 0) is 16.3 Å². The van der Waals surface area contributed by atoms with Crippen LogP contribution in [0.2, 0.25) is 0 Å². The van der Waals surface area contributed by atoms with Gasteiger partial charge in [0.1, 0.15) is 0 Å². The molecule has 0 amide bonds. The monoisotopic (exact) mass is 376 g/mol. The van der Waals surface area contributed by atoms with Crippen molar-refractivity contribution in [3.8, 4) is 0 Å². The molecule has 3 nitrogen and oxygen atoms in total. The van der Waals surface area contributed by atoms with Gasteiger partial charge in [0.15, 0.2) is 12.4 Å². The fraction of sp³-hybridized carbons (Fsp3) is 0.750. The van der Waals surface area contributed by atoms with Crippen molar-refractivity contribution in [1.82, 2.24) is 0 Å². The lowest BCUT2D eigenvalue weighted by Gasteiger charge is -2.04. The zero-order chi connectivity index (χ0) is 19.4. The van der Waals surface area contributed by atoms with Gasteiger partial charge in [-0.05, 0) is 6.42 Å². The number of hydrogen-bond acceptors (Lipinski definition) is 2. The van der Waals surface area contributed by atoms with Gasteiger partial charge in [0.05, 0.1) is 0 Å². The first-order valence-electron chi connectivity index (χ1n) is 11.4. The maximum atomic E-state index is 11.7. The normalized spacial score (nSPS) is 10.9. The van der Waals surface area contributed by atoms with Crippen LogP contribution in [0.15, 0.2) is 30.6 Å². The molecule has 1 aromatic heterocycles. The van der Waals surface area contributed by atoms with Crippen LogP contribution in [0.4, 0.5) is 0 Å². The molecule has 0 saturated carbocycles. The number of aromatic nitrogens is 1. The number of carbonyl (C=O) groups excluding carboxylic acids is 1. The van der Waals surface area contributed by atoms with Gasteiger partial charge < -0.3 is 4.74 Å². The van der Waals surface area contributed by atoms with Crippen molar-refractivity contribution < 1.29 is 14.1 Å². The van der Waals surface area contributed by atoms with Crippen LogP contribution in [0.3, 0.4) is 0 Å². The summed E-state index contributed by atoms with van der Waals surface area (Å²) < 4.78 is 7.14. The maximum absolute atomic E-state index is 11.7. The van der Waals surface area contributed by atoms with Gasteiger partial charge in [-0.3, -0.25) is 4.79 Å². The van der Waals surface area contributed by atoms with Gasteiger partial charge in [-0.15, -0.1) is 0 Å². The minimum Gasteiger partial charge on any atom is -0.405 e. The molecule has 0 aromatic carbocycles. The van der Waals surface area contributed by atoms with Gasteiger partial charge in [-0.25, -0.2) is 0 Å². The van der Waals surface area contributed by atoms with Gasteiger partial charge in [-0.1, -0.05) is 103 Å². The first kappa shape index (κ1) is 23.7. The molecule has 0 aliphatic carbocycles. The van der Waals surface area contributed by atoms with Crippen molar-refractivity contribution in [2.45, 2.75) is 116 Å². The van der Waals surface area contributed by atoms with Crippen LogP contribution < -0.4 is 4.57 Å². The Morgan fingerprint density at radius 1 is 0.667 bits per heavy atom. The van der Waals surface area contributed by atoms with Crippen molar-refractivity contribution in [3.63, 3.8) is 0 Å². The minimum absolute atomic E-state index is 0.0824. The summed E-state index contributed by atoms with van der Waals surface area (Å²) in [4.78, 5) is 11.7. The Morgan fingerprint density at radius 2 is 1.11 bits per heavy atom. The molecule has 0 bridgehead atoms. The van der Waals surface area contributed by atoms with E-state index in [2.05, 4.69) is 6.92 Å². The number of unbranched alkanes of at least 4 members (excludes halogenated alkanes) is 14. The summed E-state index contributed by atoms with van der Waals surface area (Å²) in [6, 6.07) is 5.82. The molecular weight excluding hydrogens is 334 g/mol. The lowest BCUT2D eigenvalue weighted by Crippen LogP contribution is -2.34. The Morgan fingerprint density at radius 3 is 1.59 bits per heavy atom. The third-order valence-electron chi connectivity index (χ3n) is 5.14. The summed E-state index contributed by atoms with van der Waals surface area (Å²) in [5, 5.41) is 0. The highest BCUT2D eigenvalue weighted by molar-refractivity contribution is 5.68. The minimum atomic E-state index is -0.0824. The van der Waals surface area contributed by atoms with Crippen LogP contribution in [-0.4, -0.2) is 5.97 Å². The fourth-order valence-electron chi connectivity index (χ4n) is 3.38. The zero-order valence-corrected chi connectivity index (χ0v) is 17.7. The topological polar surface area (TPSA) is 30.2 Å². The van der Waals surface area contributed by atoms with Crippen molar-refractivity contribution in [1.29, 1.82) is 0 Å². The summed E-state index contributed by atoms with van der Waals surface area (Å²) >= 11 is 0. The molecule has 0 aliphatic heterocycles. The van der Waals surface area contributed by atoms with Gasteiger partial charge in [0.25, 0.3) is 6.73 Å². The van der Waals surface area contributed by atoms with E-state index in [4.69, 9.17) is 4.74 Å². The van der Waals surface area contributed by atoms with E-state index in [9.17, 15) is 4.79 Å². The van der Waals surface area contributed by atoms with Gasteiger partial charge >= 0.3 is 5.97 Å². The Balaban J connectivity index is 1.77. The van der Waals surface area contributed by atoms with Crippen molar-refractivity contribution in [3.05, 3.63) is 30.6 Å². The molecule has 1 aromatic rings. The largest absolute Gasteiger partial charge is 0.405 e. The second-order valence-corrected chi connectivity index (χ2v) is 7.73. The molecule has 1 rings (SSSR count). The molecule has 3 heteroatoms. The SMILES string of the molecule is CCCCCCCCCCCCCCCCCC(=O)OC[n+]1ccccc1. The first-order chi connectivity index (χ1) is 13.3. The summed E-state index contributed by atoms with van der Waals surface area (Å²) in [6.45, 7) is 2.60. The van der Waals surface area contributed by atoms with Crippen molar-refractivity contribution in [2.24, 2.45) is 0 Å². The van der Waals surface area contributed by atoms with E-state index in [1.165, 1.54) is 83.5 Å². The molecule has 154 valence electrons. The van der Waals surface area contributed by atoms with E-state index in [1.807, 2.05) is 35.2 Å². The van der Waals surface area contributed by atoms with E-state index in [-0.39, 0.29) is 5.97 Å². The highest BCUT2D eigenvalue weighted by Crippen LogP contribution is 2.13. The fourth-order valence-corrected chi connectivity index (χ4v) is 3.38. The third-order valence-corrected chi connectivity index (χ3v) is 5.14.